The van der Waals surface area contributed by atoms with Gasteiger partial charge in [0.15, 0.2) is 0 Å². The highest BCUT2D eigenvalue weighted by Crippen LogP contribution is 2.31. The van der Waals surface area contributed by atoms with Crippen molar-refractivity contribution in [3.63, 3.8) is 0 Å². The fourth-order valence-electron chi connectivity index (χ4n) is 2.72. The molecule has 5 heteroatoms. The number of hydrogen-bond acceptors (Lipinski definition) is 3. The summed E-state index contributed by atoms with van der Waals surface area (Å²) >= 11 is 7.37. The molecule has 0 spiro atoms. The summed E-state index contributed by atoms with van der Waals surface area (Å²) < 4.78 is 0.741. The van der Waals surface area contributed by atoms with Crippen molar-refractivity contribution in [2.24, 2.45) is 0 Å². The van der Waals surface area contributed by atoms with E-state index in [0.29, 0.717) is 19.3 Å². The molecule has 0 aliphatic heterocycles. The average Bonchev–Trinajstić information content (AvgIpc) is 3.01. The summed E-state index contributed by atoms with van der Waals surface area (Å²) in [7, 11) is 0. The van der Waals surface area contributed by atoms with Crippen LogP contribution in [0.2, 0.25) is 4.34 Å². The number of benzene rings is 1. The lowest BCUT2D eigenvalue weighted by atomic mass is 10.1. The van der Waals surface area contributed by atoms with E-state index >= 15 is 0 Å². The van der Waals surface area contributed by atoms with Gasteiger partial charge in [-0.1, -0.05) is 35.9 Å². The van der Waals surface area contributed by atoms with Gasteiger partial charge in [-0.05, 0) is 29.7 Å². The molecule has 3 rings (SSSR count). The van der Waals surface area contributed by atoms with E-state index in [1.165, 1.54) is 11.3 Å². The number of rotatable bonds is 4. The van der Waals surface area contributed by atoms with Crippen molar-refractivity contribution < 1.29 is 9.90 Å². The Morgan fingerprint density at radius 2 is 2.14 bits per heavy atom. The molecule has 2 atom stereocenters. The number of aliphatic hydroxyl groups excluding tert-OH is 1. The molecule has 1 aliphatic rings. The van der Waals surface area contributed by atoms with Gasteiger partial charge in [-0.25, -0.2) is 0 Å². The number of thiophene rings is 1. The molecule has 1 amide bonds. The van der Waals surface area contributed by atoms with Gasteiger partial charge in [-0.3, -0.25) is 4.79 Å². The number of aliphatic hydroxyl groups is 1. The molecule has 110 valence electrons. The number of nitrogens with one attached hydrogen (secondary N) is 1. The van der Waals surface area contributed by atoms with Crippen LogP contribution in [-0.2, 0) is 17.6 Å². The Kier molecular flexibility index (Phi) is 4.29. The second kappa shape index (κ2) is 6.18. The standard InChI is InChI=1S/C16H16ClNO2S/c17-14-7-5-11(21-14)6-8-15(20)18-16-12-4-2-1-3-10(12)9-13(16)19/h1-5,7,13,16,19H,6,8-9H2,(H,18,20). The SMILES string of the molecule is O=C(CCc1ccc(Cl)s1)NC1c2ccccc2CC1O. The van der Waals surface area contributed by atoms with Crippen molar-refractivity contribution in [1.29, 1.82) is 0 Å². The lowest BCUT2D eigenvalue weighted by molar-refractivity contribution is -0.122. The lowest BCUT2D eigenvalue weighted by Crippen LogP contribution is -2.33. The van der Waals surface area contributed by atoms with Crippen LogP contribution < -0.4 is 5.32 Å². The molecule has 0 bridgehead atoms. The maximum absolute atomic E-state index is 12.1. The van der Waals surface area contributed by atoms with E-state index in [1.54, 1.807) is 0 Å². The molecular formula is C16H16ClNO2S. The Morgan fingerprint density at radius 3 is 2.90 bits per heavy atom. The minimum absolute atomic E-state index is 0.0414. The van der Waals surface area contributed by atoms with Crippen LogP contribution in [0.15, 0.2) is 36.4 Å². The van der Waals surface area contributed by atoms with E-state index in [-0.39, 0.29) is 11.9 Å². The zero-order valence-electron chi connectivity index (χ0n) is 11.4. The molecule has 1 aromatic heterocycles. The van der Waals surface area contributed by atoms with E-state index in [2.05, 4.69) is 5.32 Å². The second-order valence-electron chi connectivity index (χ2n) is 5.22. The van der Waals surface area contributed by atoms with Crippen molar-refractivity contribution in [3.05, 3.63) is 56.7 Å². The summed E-state index contributed by atoms with van der Waals surface area (Å²) in [5, 5.41) is 13.1. The van der Waals surface area contributed by atoms with Crippen LogP contribution in [0.1, 0.15) is 28.5 Å². The van der Waals surface area contributed by atoms with E-state index in [0.717, 1.165) is 20.3 Å². The number of carbonyl (C=O) groups is 1. The van der Waals surface area contributed by atoms with Crippen molar-refractivity contribution in [2.75, 3.05) is 0 Å². The van der Waals surface area contributed by atoms with Crippen LogP contribution in [0.3, 0.4) is 0 Å². The third-order valence-electron chi connectivity index (χ3n) is 3.75. The quantitative estimate of drug-likeness (QED) is 0.909. The third-order valence-corrected chi connectivity index (χ3v) is 5.04. The van der Waals surface area contributed by atoms with Crippen molar-refractivity contribution in [1.82, 2.24) is 5.32 Å². The molecule has 0 saturated carbocycles. The van der Waals surface area contributed by atoms with Crippen molar-refractivity contribution in [3.8, 4) is 0 Å². The van der Waals surface area contributed by atoms with Crippen LogP contribution >= 0.6 is 22.9 Å². The zero-order valence-corrected chi connectivity index (χ0v) is 13.0. The van der Waals surface area contributed by atoms with Crippen LogP contribution in [0.4, 0.5) is 0 Å². The van der Waals surface area contributed by atoms with Crippen LogP contribution in [0.25, 0.3) is 0 Å². The smallest absolute Gasteiger partial charge is 0.220 e. The first-order valence-corrected chi connectivity index (χ1v) is 8.12. The predicted molar refractivity (Wildman–Crippen MR) is 84.7 cm³/mol. The Labute approximate surface area is 132 Å². The number of fused-ring (bicyclic) bond motifs is 1. The number of amides is 1. The summed E-state index contributed by atoms with van der Waals surface area (Å²) in [5.41, 5.74) is 2.14. The van der Waals surface area contributed by atoms with Gasteiger partial charge in [-0.2, -0.15) is 0 Å². The first-order valence-electron chi connectivity index (χ1n) is 6.93. The summed E-state index contributed by atoms with van der Waals surface area (Å²) in [6.07, 6.45) is 1.14. The van der Waals surface area contributed by atoms with Gasteiger partial charge >= 0.3 is 0 Å². The van der Waals surface area contributed by atoms with Crippen LogP contribution in [0, 0.1) is 0 Å². The number of halogens is 1. The highest BCUT2D eigenvalue weighted by molar-refractivity contribution is 7.16. The minimum Gasteiger partial charge on any atom is -0.390 e. The van der Waals surface area contributed by atoms with E-state index < -0.39 is 6.10 Å². The van der Waals surface area contributed by atoms with Crippen LogP contribution in [0.5, 0.6) is 0 Å². The molecular weight excluding hydrogens is 306 g/mol. The molecule has 1 aromatic carbocycles. The molecule has 2 N–H and O–H groups in total. The summed E-state index contributed by atoms with van der Waals surface area (Å²) in [4.78, 5) is 13.2. The number of carbonyl (C=O) groups excluding carboxylic acids is 1. The van der Waals surface area contributed by atoms with Gasteiger partial charge in [-0.15, -0.1) is 11.3 Å². The summed E-state index contributed by atoms with van der Waals surface area (Å²) in [6, 6.07) is 11.4. The molecule has 2 aromatic rings. The second-order valence-corrected chi connectivity index (χ2v) is 7.02. The van der Waals surface area contributed by atoms with Gasteiger partial charge in [0.25, 0.3) is 0 Å². The Balaban J connectivity index is 1.60. The molecule has 2 unspecified atom stereocenters. The van der Waals surface area contributed by atoms with Gasteiger partial charge in [0, 0.05) is 17.7 Å². The maximum atomic E-state index is 12.1. The lowest BCUT2D eigenvalue weighted by Gasteiger charge is -2.17. The van der Waals surface area contributed by atoms with E-state index in [9.17, 15) is 9.90 Å². The first kappa shape index (κ1) is 14.6. The van der Waals surface area contributed by atoms with Crippen LogP contribution in [-0.4, -0.2) is 17.1 Å². The molecule has 3 nitrogen and oxygen atoms in total. The van der Waals surface area contributed by atoms with E-state index in [1.807, 2.05) is 36.4 Å². The third kappa shape index (κ3) is 3.28. The highest BCUT2D eigenvalue weighted by Gasteiger charge is 2.31. The minimum atomic E-state index is -0.539. The average molecular weight is 322 g/mol. The fourth-order valence-corrected chi connectivity index (χ4v) is 3.80. The van der Waals surface area contributed by atoms with Crippen molar-refractivity contribution in [2.45, 2.75) is 31.4 Å². The molecule has 1 heterocycles. The van der Waals surface area contributed by atoms with E-state index in [4.69, 9.17) is 11.6 Å². The molecule has 0 fully saturated rings. The highest BCUT2D eigenvalue weighted by atomic mass is 35.5. The first-order chi connectivity index (χ1) is 10.1. The molecule has 0 radical (unpaired) electrons. The largest absolute Gasteiger partial charge is 0.390 e. The van der Waals surface area contributed by atoms with Gasteiger partial charge < -0.3 is 10.4 Å². The normalized spacial score (nSPS) is 20.3. The molecule has 21 heavy (non-hydrogen) atoms. The van der Waals surface area contributed by atoms with Gasteiger partial charge in [0.1, 0.15) is 0 Å². The maximum Gasteiger partial charge on any atom is 0.220 e. The zero-order chi connectivity index (χ0) is 14.8. The summed E-state index contributed by atoms with van der Waals surface area (Å²) in [5.74, 6) is -0.0414. The van der Waals surface area contributed by atoms with Crippen molar-refractivity contribution >= 4 is 28.8 Å². The number of aryl methyl sites for hydroxylation is 1. The molecule has 0 saturated heterocycles. The predicted octanol–water partition coefficient (Wildman–Crippen LogP) is 3.11. The number of hydrogen-bond donors (Lipinski definition) is 2. The van der Waals surface area contributed by atoms with Gasteiger partial charge in [0.05, 0.1) is 16.5 Å². The Hall–Kier alpha value is -1.36. The topological polar surface area (TPSA) is 49.3 Å². The monoisotopic (exact) mass is 321 g/mol. The fraction of sp³-hybridized carbons (Fsp3) is 0.312. The van der Waals surface area contributed by atoms with Gasteiger partial charge in [0.2, 0.25) is 5.91 Å². The summed E-state index contributed by atoms with van der Waals surface area (Å²) in [6.45, 7) is 0. The Morgan fingerprint density at radius 1 is 1.33 bits per heavy atom. The molecule has 1 aliphatic carbocycles. The Bertz CT molecular complexity index is 655.